The Balaban J connectivity index is 1.61. The predicted molar refractivity (Wildman–Crippen MR) is 106 cm³/mol. The first-order chi connectivity index (χ1) is 13.9. The van der Waals surface area contributed by atoms with Crippen LogP contribution < -0.4 is 4.74 Å². The van der Waals surface area contributed by atoms with E-state index in [0.29, 0.717) is 12.2 Å². The summed E-state index contributed by atoms with van der Waals surface area (Å²) in [7, 11) is -6.52. The van der Waals surface area contributed by atoms with E-state index < -0.39 is 44.1 Å². The van der Waals surface area contributed by atoms with Gasteiger partial charge in [-0.05, 0) is 22.9 Å². The van der Waals surface area contributed by atoms with Gasteiger partial charge in [-0.25, -0.2) is 8.62 Å². The molecule has 1 aliphatic heterocycles. The molecule has 5 N–H and O–H groups in total. The van der Waals surface area contributed by atoms with E-state index in [9.17, 15) is 14.9 Å². The second-order valence-corrected chi connectivity index (χ2v) is 9.12. The summed E-state index contributed by atoms with van der Waals surface area (Å²) in [6, 6.07) is 11.7. The Kier molecular flexibility index (Phi) is 8.48. The molecule has 1 aliphatic rings. The van der Waals surface area contributed by atoms with Gasteiger partial charge >= 0.3 is 25.8 Å². The van der Waals surface area contributed by atoms with Crippen molar-refractivity contribution in [2.75, 3.05) is 13.7 Å². The van der Waals surface area contributed by atoms with Gasteiger partial charge in [0.15, 0.2) is 0 Å². The molecule has 0 radical (unpaired) electrons. The second-order valence-electron chi connectivity index (χ2n) is 6.10. The third-order valence-corrected chi connectivity index (χ3v) is 6.93. The van der Waals surface area contributed by atoms with Crippen LogP contribution in [0.25, 0.3) is 10.8 Å². The van der Waals surface area contributed by atoms with E-state index in [0.717, 1.165) is 16.3 Å². The first-order valence-electron chi connectivity index (χ1n) is 8.42. The van der Waals surface area contributed by atoms with E-state index in [4.69, 9.17) is 23.8 Å². The zero-order valence-electron chi connectivity index (χ0n) is 15.2. The molecule has 1 fully saturated rings. The molecule has 2 aromatic rings. The van der Waals surface area contributed by atoms with Crippen molar-refractivity contribution in [3.63, 3.8) is 0 Å². The predicted octanol–water partition coefficient (Wildman–Crippen LogP) is 2.74. The minimum Gasteiger partial charge on any atom is -0.496 e. The molecule has 1 heterocycles. The highest BCUT2D eigenvalue weighted by Crippen LogP contribution is 2.55. The number of ether oxygens (including phenoxy) is 2. The monoisotopic (exact) mass is 466 g/mol. The van der Waals surface area contributed by atoms with E-state index in [2.05, 4.69) is 8.62 Å². The Labute approximate surface area is 170 Å². The molecule has 0 spiro atoms. The molecule has 0 saturated carbocycles. The van der Waals surface area contributed by atoms with Crippen LogP contribution in [0.4, 0.5) is 0 Å². The highest BCUT2D eigenvalue weighted by molar-refractivity contribution is 7.60. The Bertz CT molecular complexity index is 810. The summed E-state index contributed by atoms with van der Waals surface area (Å²) in [6.45, 7) is -0.202. The summed E-state index contributed by atoms with van der Waals surface area (Å²) in [4.78, 5) is 36.1. The van der Waals surface area contributed by atoms with Crippen molar-refractivity contribution in [3.05, 3.63) is 42.0 Å². The van der Waals surface area contributed by atoms with Gasteiger partial charge in [-0.1, -0.05) is 24.3 Å². The number of hydrogen-bond acceptors (Lipinski definition) is 10. The molecule has 13 heteroatoms. The van der Waals surface area contributed by atoms with Crippen LogP contribution in [0.5, 0.6) is 5.75 Å². The van der Waals surface area contributed by atoms with Crippen LogP contribution in [0.15, 0.2) is 36.4 Å². The number of aliphatic hydroxyl groups is 1. The lowest BCUT2D eigenvalue weighted by molar-refractivity contribution is -0.0188. The summed E-state index contributed by atoms with van der Waals surface area (Å²) < 4.78 is 25.2. The smallest absolute Gasteiger partial charge is 0.344 e. The lowest BCUT2D eigenvalue weighted by Crippen LogP contribution is -2.25. The van der Waals surface area contributed by atoms with E-state index in [1.165, 1.54) is 0 Å². The average molecular weight is 466 g/mol. The van der Waals surface area contributed by atoms with Crippen molar-refractivity contribution in [1.29, 1.82) is 0 Å². The van der Waals surface area contributed by atoms with Gasteiger partial charge in [-0.3, -0.25) is 0 Å². The van der Waals surface area contributed by atoms with Gasteiger partial charge in [0.2, 0.25) is 0 Å². The number of fused-ring (bicyclic) bond motifs is 1. The minimum absolute atomic E-state index is 0.202. The lowest BCUT2D eigenvalue weighted by atomic mass is 9.99. The maximum absolute atomic E-state index is 10.3. The molecule has 160 valence electrons. The highest BCUT2D eigenvalue weighted by atomic mass is 31.3. The highest BCUT2D eigenvalue weighted by Gasteiger charge is 2.37. The number of rotatable bonds is 9. The number of aliphatic hydroxyl groups excluding tert-OH is 1. The van der Waals surface area contributed by atoms with Crippen molar-refractivity contribution < 1.29 is 47.3 Å². The van der Waals surface area contributed by atoms with Crippen LogP contribution in [0, 0.1) is 0 Å². The molecule has 0 aliphatic carbocycles. The van der Waals surface area contributed by atoms with Gasteiger partial charge in [0.25, 0.3) is 0 Å². The Morgan fingerprint density at radius 2 is 1.72 bits per heavy atom. The number of methoxy groups -OCH3 is 1. The largest absolute Gasteiger partial charge is 0.496 e. The SMILES string of the molecule is COc1cc2ccccc2cc1[C@H]1C[C@@H](O)C(COP(O)OP(O)OP(O)O)O1. The molecule has 0 amide bonds. The summed E-state index contributed by atoms with van der Waals surface area (Å²) in [5, 5.41) is 12.3. The van der Waals surface area contributed by atoms with Gasteiger partial charge in [-0.15, -0.1) is 0 Å². The lowest BCUT2D eigenvalue weighted by Gasteiger charge is -2.19. The van der Waals surface area contributed by atoms with Gasteiger partial charge in [0, 0.05) is 12.0 Å². The molecular weight excluding hydrogens is 445 g/mol. The molecule has 10 nitrogen and oxygen atoms in total. The van der Waals surface area contributed by atoms with Gasteiger partial charge in [-0.2, -0.15) is 0 Å². The second kappa shape index (κ2) is 10.6. The molecule has 0 aromatic heterocycles. The molecule has 5 atom stereocenters. The fraction of sp³-hybridized carbons (Fsp3) is 0.375. The van der Waals surface area contributed by atoms with Crippen LogP contribution >= 0.6 is 25.8 Å². The van der Waals surface area contributed by atoms with Crippen molar-refractivity contribution >= 4 is 36.6 Å². The summed E-state index contributed by atoms with van der Waals surface area (Å²) in [5.41, 5.74) is 0.793. The topological polar surface area (TPSA) is 147 Å². The molecular formula is C16H21O10P3. The molecule has 1 saturated heterocycles. The fourth-order valence-corrected chi connectivity index (χ4v) is 4.87. The zero-order valence-corrected chi connectivity index (χ0v) is 17.9. The number of benzene rings is 2. The van der Waals surface area contributed by atoms with Crippen LogP contribution in [-0.2, 0) is 17.9 Å². The number of hydrogen-bond donors (Lipinski definition) is 5. The van der Waals surface area contributed by atoms with Gasteiger partial charge < -0.3 is 38.7 Å². The Morgan fingerprint density at radius 1 is 1.03 bits per heavy atom. The molecule has 2 aromatic carbocycles. The van der Waals surface area contributed by atoms with Crippen molar-refractivity contribution in [3.8, 4) is 5.75 Å². The van der Waals surface area contributed by atoms with Crippen LogP contribution in [0.2, 0.25) is 0 Å². The minimum atomic E-state index is -2.82. The Hall–Kier alpha value is -0.570. The zero-order chi connectivity index (χ0) is 21.0. The maximum atomic E-state index is 10.3. The summed E-state index contributed by atoms with van der Waals surface area (Å²) >= 11 is 0. The van der Waals surface area contributed by atoms with E-state index in [1.54, 1.807) is 7.11 Å². The van der Waals surface area contributed by atoms with E-state index in [1.807, 2.05) is 36.4 Å². The van der Waals surface area contributed by atoms with Gasteiger partial charge in [0.1, 0.15) is 11.9 Å². The maximum Gasteiger partial charge on any atom is 0.344 e. The molecule has 0 bridgehead atoms. The quantitative estimate of drug-likeness (QED) is 0.350. The Morgan fingerprint density at radius 3 is 2.38 bits per heavy atom. The van der Waals surface area contributed by atoms with E-state index >= 15 is 0 Å². The van der Waals surface area contributed by atoms with Crippen molar-refractivity contribution in [2.45, 2.75) is 24.7 Å². The van der Waals surface area contributed by atoms with Crippen molar-refractivity contribution in [1.82, 2.24) is 0 Å². The van der Waals surface area contributed by atoms with E-state index in [-0.39, 0.29) is 6.61 Å². The standard InChI is InChI=1S/C16H21O10P3/c1-22-14-7-11-5-3-2-4-10(11)6-12(14)15-8-13(17)16(24-15)9-23-28(20)26-29(21)25-27(18)19/h2-7,13,15-21H,8-9H2,1H3/t13-,15-,16?,28?,29?/m1/s1. The van der Waals surface area contributed by atoms with Crippen LogP contribution in [-0.4, -0.2) is 50.6 Å². The third kappa shape index (κ3) is 6.21. The van der Waals surface area contributed by atoms with Crippen LogP contribution in [0.1, 0.15) is 18.1 Å². The first-order valence-corrected chi connectivity index (χ1v) is 11.8. The molecule has 3 rings (SSSR count). The van der Waals surface area contributed by atoms with Gasteiger partial charge in [0.05, 0.1) is 25.9 Å². The first kappa shape index (κ1) is 23.1. The normalized spacial score (nSPS) is 24.2. The molecule has 29 heavy (non-hydrogen) atoms. The summed E-state index contributed by atoms with van der Waals surface area (Å²) in [5.74, 6) is 0.641. The average Bonchev–Trinajstić information content (AvgIpc) is 3.05. The molecule has 3 unspecified atom stereocenters. The van der Waals surface area contributed by atoms with Crippen molar-refractivity contribution in [2.24, 2.45) is 0 Å². The summed E-state index contributed by atoms with van der Waals surface area (Å²) in [6.07, 6.45) is -1.72. The fourth-order valence-electron chi connectivity index (χ4n) is 3.04. The third-order valence-electron chi connectivity index (χ3n) is 4.30. The van der Waals surface area contributed by atoms with Crippen LogP contribution in [0.3, 0.4) is 0 Å².